The minimum absolute atomic E-state index is 0.190. The van der Waals surface area contributed by atoms with E-state index in [1.807, 2.05) is 81.4 Å². The third-order valence-corrected chi connectivity index (χ3v) is 4.67. The number of aromatic nitrogens is 2. The van der Waals surface area contributed by atoms with E-state index < -0.39 is 5.41 Å². The average Bonchev–Trinajstić information content (AvgIpc) is 3.07. The van der Waals surface area contributed by atoms with E-state index >= 15 is 0 Å². The van der Waals surface area contributed by atoms with E-state index in [-0.39, 0.29) is 5.91 Å². The van der Waals surface area contributed by atoms with Crippen molar-refractivity contribution in [1.82, 2.24) is 15.3 Å². The van der Waals surface area contributed by atoms with Crippen LogP contribution in [0.5, 0.6) is 5.88 Å². The van der Waals surface area contributed by atoms with Crippen molar-refractivity contribution in [3.05, 3.63) is 78.0 Å². The second-order valence-electron chi connectivity index (χ2n) is 6.46. The Morgan fingerprint density at radius 1 is 1.12 bits per heavy atom. The first-order valence-corrected chi connectivity index (χ1v) is 8.69. The largest absolute Gasteiger partial charge is 0.359 e. The molecular weight excluding hydrogens is 326 g/mol. The number of hydroxylamine groups is 1. The molecule has 1 N–H and O–H groups in total. The number of rotatable bonds is 6. The molecule has 3 rings (SSSR count). The number of aryl methyl sites for hydroxylation is 1. The monoisotopic (exact) mass is 349 g/mol. The van der Waals surface area contributed by atoms with Crippen LogP contribution >= 0.6 is 0 Å². The van der Waals surface area contributed by atoms with Crippen LogP contribution in [0.3, 0.4) is 0 Å². The highest BCUT2D eigenvalue weighted by molar-refractivity contribution is 5.87. The summed E-state index contributed by atoms with van der Waals surface area (Å²) in [5.41, 5.74) is 4.57. The van der Waals surface area contributed by atoms with Crippen molar-refractivity contribution in [1.29, 1.82) is 0 Å². The molecule has 0 aliphatic heterocycles. The fourth-order valence-electron chi connectivity index (χ4n) is 2.82. The molecule has 1 unspecified atom stereocenters. The Kier molecular flexibility index (Phi) is 5.07. The predicted octanol–water partition coefficient (Wildman–Crippen LogP) is 3.96. The second-order valence-corrected chi connectivity index (χ2v) is 6.46. The summed E-state index contributed by atoms with van der Waals surface area (Å²) in [6.07, 6.45) is 0.656. The van der Waals surface area contributed by atoms with Gasteiger partial charge >= 0.3 is 0 Å². The molecule has 1 amide bonds. The van der Waals surface area contributed by atoms with Gasteiger partial charge in [0.1, 0.15) is 0 Å². The Hall–Kier alpha value is -3.08. The molecule has 0 aliphatic rings. The molecule has 2 aromatic carbocycles. The lowest BCUT2D eigenvalue weighted by Crippen LogP contribution is -2.43. The maximum Gasteiger partial charge on any atom is 0.262 e. The number of carbonyl (C=O) groups excluding carboxylic acids is 1. The van der Waals surface area contributed by atoms with Gasteiger partial charge in [-0.15, -0.1) is 0 Å². The van der Waals surface area contributed by atoms with Crippen LogP contribution in [-0.4, -0.2) is 15.7 Å². The fourth-order valence-corrected chi connectivity index (χ4v) is 2.82. The second kappa shape index (κ2) is 7.44. The van der Waals surface area contributed by atoms with Gasteiger partial charge in [0.25, 0.3) is 5.91 Å². The van der Waals surface area contributed by atoms with Crippen LogP contribution in [0.25, 0.3) is 5.69 Å². The average molecular weight is 349 g/mol. The summed E-state index contributed by atoms with van der Waals surface area (Å²) in [6, 6.07) is 21.2. The standard InChI is InChI=1S/C21H23N3O2/c1-4-21(3,17-11-7-5-8-12-17)20(25)23-26-19-15-16(2)22-24(19)18-13-9-6-10-14-18/h5-15H,4H2,1-3H3,(H,23,25). The molecule has 134 valence electrons. The summed E-state index contributed by atoms with van der Waals surface area (Å²) in [5.74, 6) is 0.276. The van der Waals surface area contributed by atoms with Gasteiger partial charge < -0.3 is 4.84 Å². The summed E-state index contributed by atoms with van der Waals surface area (Å²) in [7, 11) is 0. The van der Waals surface area contributed by atoms with Gasteiger partial charge in [-0.2, -0.15) is 15.3 Å². The Morgan fingerprint density at radius 3 is 2.35 bits per heavy atom. The molecule has 5 nitrogen and oxygen atoms in total. The van der Waals surface area contributed by atoms with E-state index in [0.717, 1.165) is 16.9 Å². The van der Waals surface area contributed by atoms with Crippen molar-refractivity contribution in [3.63, 3.8) is 0 Å². The topological polar surface area (TPSA) is 56.1 Å². The summed E-state index contributed by atoms with van der Waals surface area (Å²) in [4.78, 5) is 18.5. The van der Waals surface area contributed by atoms with Gasteiger partial charge in [0.15, 0.2) is 0 Å². The summed E-state index contributed by atoms with van der Waals surface area (Å²) >= 11 is 0. The zero-order chi connectivity index (χ0) is 18.6. The van der Waals surface area contributed by atoms with E-state index in [9.17, 15) is 4.79 Å². The Morgan fingerprint density at radius 2 is 1.73 bits per heavy atom. The molecule has 0 saturated carbocycles. The maximum absolute atomic E-state index is 12.9. The van der Waals surface area contributed by atoms with E-state index in [2.05, 4.69) is 10.6 Å². The van der Waals surface area contributed by atoms with Crippen molar-refractivity contribution in [2.24, 2.45) is 0 Å². The molecule has 0 aliphatic carbocycles. The molecule has 0 bridgehead atoms. The molecule has 3 aromatic rings. The van der Waals surface area contributed by atoms with Crippen LogP contribution in [0.2, 0.25) is 0 Å². The molecular formula is C21H23N3O2. The Labute approximate surface area is 153 Å². The molecule has 1 atom stereocenters. The van der Waals surface area contributed by atoms with E-state index in [1.54, 1.807) is 10.7 Å². The van der Waals surface area contributed by atoms with Crippen molar-refractivity contribution >= 4 is 5.91 Å². The van der Waals surface area contributed by atoms with Crippen molar-refractivity contribution in [2.75, 3.05) is 0 Å². The molecule has 1 heterocycles. The number of benzene rings is 2. The smallest absolute Gasteiger partial charge is 0.262 e. The molecule has 0 saturated heterocycles. The van der Waals surface area contributed by atoms with Crippen molar-refractivity contribution < 1.29 is 9.63 Å². The van der Waals surface area contributed by atoms with Crippen LogP contribution in [0.4, 0.5) is 0 Å². The van der Waals surface area contributed by atoms with Gasteiger partial charge in [-0.25, -0.2) is 0 Å². The zero-order valence-corrected chi connectivity index (χ0v) is 15.3. The third-order valence-electron chi connectivity index (χ3n) is 4.67. The predicted molar refractivity (Wildman–Crippen MR) is 101 cm³/mol. The SMILES string of the molecule is CCC(C)(C(=O)NOc1cc(C)nn1-c1ccccc1)c1ccccc1. The zero-order valence-electron chi connectivity index (χ0n) is 15.3. The highest BCUT2D eigenvalue weighted by Crippen LogP contribution is 2.28. The summed E-state index contributed by atoms with van der Waals surface area (Å²) in [5, 5.41) is 4.44. The van der Waals surface area contributed by atoms with Gasteiger partial charge in [0.05, 0.1) is 16.8 Å². The first-order valence-electron chi connectivity index (χ1n) is 8.69. The summed E-state index contributed by atoms with van der Waals surface area (Å²) in [6.45, 7) is 5.79. The van der Waals surface area contributed by atoms with Crippen LogP contribution in [0.15, 0.2) is 66.7 Å². The Bertz CT molecular complexity index is 875. The van der Waals surface area contributed by atoms with Crippen molar-refractivity contribution in [2.45, 2.75) is 32.6 Å². The third kappa shape index (κ3) is 3.47. The van der Waals surface area contributed by atoms with Crippen LogP contribution in [-0.2, 0) is 10.2 Å². The molecule has 0 fully saturated rings. The Balaban J connectivity index is 1.80. The number of nitrogens with one attached hydrogen (secondary N) is 1. The van der Waals surface area contributed by atoms with Crippen LogP contribution in [0.1, 0.15) is 31.5 Å². The van der Waals surface area contributed by atoms with E-state index in [4.69, 9.17) is 4.84 Å². The van der Waals surface area contributed by atoms with Crippen LogP contribution in [0, 0.1) is 6.92 Å². The molecule has 0 spiro atoms. The normalized spacial score (nSPS) is 13.0. The number of para-hydroxylation sites is 1. The quantitative estimate of drug-likeness (QED) is 0.685. The maximum atomic E-state index is 12.9. The van der Waals surface area contributed by atoms with Gasteiger partial charge in [0, 0.05) is 6.07 Å². The number of amides is 1. The van der Waals surface area contributed by atoms with E-state index in [0.29, 0.717) is 12.3 Å². The molecule has 26 heavy (non-hydrogen) atoms. The molecule has 5 heteroatoms. The molecule has 1 aromatic heterocycles. The van der Waals surface area contributed by atoms with Crippen LogP contribution < -0.4 is 10.3 Å². The first kappa shape index (κ1) is 17.7. The van der Waals surface area contributed by atoms with E-state index in [1.165, 1.54) is 0 Å². The van der Waals surface area contributed by atoms with Crippen molar-refractivity contribution in [3.8, 4) is 11.6 Å². The minimum Gasteiger partial charge on any atom is -0.359 e. The van der Waals surface area contributed by atoms with Gasteiger partial charge in [-0.3, -0.25) is 4.79 Å². The number of hydrogen-bond donors (Lipinski definition) is 1. The fraction of sp³-hybridized carbons (Fsp3) is 0.238. The number of carbonyl (C=O) groups is 1. The van der Waals surface area contributed by atoms with Gasteiger partial charge in [-0.05, 0) is 38.0 Å². The number of nitrogens with zero attached hydrogens (tertiary/aromatic N) is 2. The van der Waals surface area contributed by atoms with Gasteiger partial charge in [0.2, 0.25) is 5.88 Å². The van der Waals surface area contributed by atoms with Gasteiger partial charge in [-0.1, -0.05) is 55.5 Å². The molecule has 0 radical (unpaired) electrons. The number of hydrogen-bond acceptors (Lipinski definition) is 3. The summed E-state index contributed by atoms with van der Waals surface area (Å²) < 4.78 is 1.67. The highest BCUT2D eigenvalue weighted by atomic mass is 16.7. The first-order chi connectivity index (χ1) is 12.5. The lowest BCUT2D eigenvalue weighted by molar-refractivity contribution is -0.133. The minimum atomic E-state index is -0.673. The lowest BCUT2D eigenvalue weighted by atomic mass is 9.79. The lowest BCUT2D eigenvalue weighted by Gasteiger charge is -2.27. The highest BCUT2D eigenvalue weighted by Gasteiger charge is 2.34.